The second kappa shape index (κ2) is 11.1. The van der Waals surface area contributed by atoms with E-state index in [9.17, 15) is 17.6 Å². The van der Waals surface area contributed by atoms with Crippen LogP contribution in [0.1, 0.15) is 32.4 Å². The van der Waals surface area contributed by atoms with Crippen molar-refractivity contribution in [2.75, 3.05) is 11.6 Å². The van der Waals surface area contributed by atoms with Crippen LogP contribution in [0.2, 0.25) is 5.04 Å². The summed E-state index contributed by atoms with van der Waals surface area (Å²) in [6.45, 7) is 4.20. The second-order valence-electron chi connectivity index (χ2n) is 10.1. The minimum atomic E-state index is -3.65. The lowest BCUT2D eigenvalue weighted by molar-refractivity contribution is 0.456. The third-order valence-electron chi connectivity index (χ3n) is 6.80. The van der Waals surface area contributed by atoms with Gasteiger partial charge in [-0.15, -0.1) is 0 Å². The Morgan fingerprint density at radius 1 is 0.895 bits per heavy atom. The first-order valence-corrected chi connectivity index (χ1v) is 16.3. The van der Waals surface area contributed by atoms with E-state index in [0.29, 0.717) is 36.5 Å². The van der Waals surface area contributed by atoms with Crippen LogP contribution in [0.3, 0.4) is 0 Å². The Labute approximate surface area is 224 Å². The molecule has 6 nitrogen and oxygen atoms in total. The molecular formula is C29H32FN3O3SSi. The zero-order valence-electron chi connectivity index (χ0n) is 21.7. The largest absolute Gasteiger partial charge is 0.424 e. The molecule has 0 fully saturated rings. The molecule has 0 bridgehead atoms. The number of aryl methyl sites for hydroxylation is 1. The van der Waals surface area contributed by atoms with Crippen molar-refractivity contribution >= 4 is 40.0 Å². The summed E-state index contributed by atoms with van der Waals surface area (Å²) < 4.78 is 37.9. The fraction of sp³-hybridized carbons (Fsp3) is 0.241. The first-order chi connectivity index (χ1) is 18.0. The molecule has 2 N–H and O–H groups in total. The van der Waals surface area contributed by atoms with Crippen molar-refractivity contribution < 1.29 is 17.6 Å². The highest BCUT2D eigenvalue weighted by Gasteiger charge is 2.49. The minimum absolute atomic E-state index is 0.265. The molecular weight excluding hydrogens is 517 g/mol. The Bertz CT molecular complexity index is 1440. The fourth-order valence-corrected chi connectivity index (χ4v) is 9.04. The number of hydrogen-bond acceptors (Lipinski definition) is 6. The Morgan fingerprint density at radius 3 is 1.97 bits per heavy atom. The van der Waals surface area contributed by atoms with E-state index in [1.807, 2.05) is 60.7 Å². The van der Waals surface area contributed by atoms with Gasteiger partial charge in [0.1, 0.15) is 11.6 Å². The standard InChI is InChI=1S/C29H32FN3O3SSi/c1-29(2,38(36,25-12-6-4-7-13-25)26-14-8-5-9-15-26)20-10-11-24-21-27(33-28(32-24)37(3,34)35)31-23-18-16-22(30)17-19-23/h4-9,12-19,21,36H,10-11,20H2,1-3H3,(H,31,32,33). The Morgan fingerprint density at radius 2 is 1.45 bits per heavy atom. The van der Waals surface area contributed by atoms with Crippen molar-refractivity contribution in [3.63, 3.8) is 0 Å². The van der Waals surface area contributed by atoms with Gasteiger partial charge < -0.3 is 10.1 Å². The highest BCUT2D eigenvalue weighted by atomic mass is 32.2. The van der Waals surface area contributed by atoms with Gasteiger partial charge in [0.05, 0.1) is 0 Å². The van der Waals surface area contributed by atoms with Crippen LogP contribution in [0.4, 0.5) is 15.9 Å². The molecule has 0 saturated heterocycles. The molecule has 0 unspecified atom stereocenters. The Balaban J connectivity index is 1.59. The van der Waals surface area contributed by atoms with Gasteiger partial charge >= 0.3 is 0 Å². The number of benzene rings is 3. The van der Waals surface area contributed by atoms with Gasteiger partial charge in [0.2, 0.25) is 15.0 Å². The molecule has 0 aliphatic carbocycles. The van der Waals surface area contributed by atoms with Gasteiger partial charge in [0, 0.05) is 23.7 Å². The number of hydrogen-bond donors (Lipinski definition) is 2. The molecule has 38 heavy (non-hydrogen) atoms. The third-order valence-corrected chi connectivity index (χ3v) is 12.2. The molecule has 3 aromatic carbocycles. The van der Waals surface area contributed by atoms with Crippen molar-refractivity contribution in [1.29, 1.82) is 0 Å². The molecule has 9 heteroatoms. The number of sulfone groups is 1. The van der Waals surface area contributed by atoms with Crippen LogP contribution in [0, 0.1) is 5.82 Å². The molecule has 4 aromatic rings. The average molecular weight is 550 g/mol. The van der Waals surface area contributed by atoms with E-state index in [1.54, 1.807) is 18.2 Å². The molecule has 0 spiro atoms. The first-order valence-electron chi connectivity index (χ1n) is 12.4. The van der Waals surface area contributed by atoms with Crippen molar-refractivity contribution in [3.8, 4) is 0 Å². The van der Waals surface area contributed by atoms with E-state index in [2.05, 4.69) is 29.1 Å². The Hall–Kier alpha value is -3.40. The van der Waals surface area contributed by atoms with E-state index in [-0.39, 0.29) is 11.0 Å². The summed E-state index contributed by atoms with van der Waals surface area (Å²) >= 11 is 0. The number of rotatable bonds is 10. The maximum absolute atomic E-state index is 13.3. The van der Waals surface area contributed by atoms with Crippen LogP contribution in [0.15, 0.2) is 96.2 Å². The molecule has 1 aromatic heterocycles. The van der Waals surface area contributed by atoms with E-state index >= 15 is 0 Å². The maximum Gasteiger partial charge on any atom is 0.258 e. The first kappa shape index (κ1) is 27.6. The van der Waals surface area contributed by atoms with Crippen LogP contribution >= 0.6 is 0 Å². The highest BCUT2D eigenvalue weighted by molar-refractivity contribution is 7.90. The number of nitrogens with zero attached hydrogens (tertiary/aromatic N) is 2. The third kappa shape index (κ3) is 6.17. The molecule has 0 aliphatic heterocycles. The maximum atomic E-state index is 13.3. The van der Waals surface area contributed by atoms with Crippen molar-refractivity contribution in [2.45, 2.75) is 43.3 Å². The number of halogens is 1. The lowest BCUT2D eigenvalue weighted by Gasteiger charge is -2.41. The van der Waals surface area contributed by atoms with Gasteiger partial charge in [-0.3, -0.25) is 0 Å². The van der Waals surface area contributed by atoms with Crippen LogP contribution < -0.4 is 15.7 Å². The smallest absolute Gasteiger partial charge is 0.258 e. The van der Waals surface area contributed by atoms with Gasteiger partial charge in [-0.05, 0) is 58.9 Å². The molecule has 0 aliphatic rings. The quantitative estimate of drug-likeness (QED) is 0.222. The molecule has 0 atom stereocenters. The van der Waals surface area contributed by atoms with E-state index < -0.39 is 23.2 Å². The molecule has 0 saturated carbocycles. The molecule has 4 rings (SSSR count). The topological polar surface area (TPSA) is 92.2 Å². The summed E-state index contributed by atoms with van der Waals surface area (Å²) in [5.41, 5.74) is 1.16. The number of nitrogens with one attached hydrogen (secondary N) is 1. The average Bonchev–Trinajstić information content (AvgIpc) is 2.90. The summed E-state index contributed by atoms with van der Waals surface area (Å²) in [7, 11) is -6.80. The summed E-state index contributed by atoms with van der Waals surface area (Å²) in [6, 6.07) is 27.1. The lowest BCUT2D eigenvalue weighted by Crippen LogP contribution is -2.65. The van der Waals surface area contributed by atoms with Crippen molar-refractivity contribution in [2.24, 2.45) is 0 Å². The van der Waals surface area contributed by atoms with Crippen LogP contribution in [0.25, 0.3) is 0 Å². The second-order valence-corrected chi connectivity index (χ2v) is 15.9. The van der Waals surface area contributed by atoms with Crippen LogP contribution in [0.5, 0.6) is 0 Å². The van der Waals surface area contributed by atoms with Crippen LogP contribution in [-0.2, 0) is 16.3 Å². The normalized spacial score (nSPS) is 12.3. The van der Waals surface area contributed by atoms with Crippen molar-refractivity contribution in [3.05, 3.63) is 103 Å². The summed E-state index contributed by atoms with van der Waals surface area (Å²) in [5.74, 6) is -0.0476. The predicted octanol–water partition coefficient (Wildman–Crippen LogP) is 4.62. The minimum Gasteiger partial charge on any atom is -0.424 e. The molecule has 198 valence electrons. The van der Waals surface area contributed by atoms with Crippen molar-refractivity contribution in [1.82, 2.24) is 9.97 Å². The van der Waals surface area contributed by atoms with E-state index in [4.69, 9.17) is 0 Å². The molecule has 0 amide bonds. The van der Waals surface area contributed by atoms with Gasteiger partial charge in [0.25, 0.3) is 8.32 Å². The van der Waals surface area contributed by atoms with Gasteiger partial charge in [-0.25, -0.2) is 22.8 Å². The van der Waals surface area contributed by atoms with Gasteiger partial charge in [-0.2, -0.15) is 0 Å². The van der Waals surface area contributed by atoms with E-state index in [1.165, 1.54) is 12.1 Å². The summed E-state index contributed by atoms with van der Waals surface area (Å²) in [5, 5.41) is 4.24. The zero-order chi connectivity index (χ0) is 27.4. The zero-order valence-corrected chi connectivity index (χ0v) is 23.5. The van der Waals surface area contributed by atoms with Gasteiger partial charge in [0.15, 0.2) is 0 Å². The predicted molar refractivity (Wildman–Crippen MR) is 152 cm³/mol. The summed E-state index contributed by atoms with van der Waals surface area (Å²) in [6.07, 6.45) is 2.94. The number of aromatic nitrogens is 2. The fourth-order valence-electron chi connectivity index (χ4n) is 4.71. The lowest BCUT2D eigenvalue weighted by atomic mass is 10.0. The Kier molecular flexibility index (Phi) is 8.10. The number of anilines is 2. The highest BCUT2D eigenvalue weighted by Crippen LogP contribution is 2.40. The summed E-state index contributed by atoms with van der Waals surface area (Å²) in [4.78, 5) is 20.8. The molecule has 0 radical (unpaired) electrons. The van der Waals surface area contributed by atoms with Crippen LogP contribution in [-0.4, -0.2) is 37.8 Å². The van der Waals surface area contributed by atoms with Gasteiger partial charge in [-0.1, -0.05) is 74.5 Å². The SMILES string of the molecule is CC(C)(CCCc1cc(Nc2ccc(F)cc2)nc(S(C)(=O)=O)n1)[Si](O)(c1ccccc1)c1ccccc1. The monoisotopic (exact) mass is 549 g/mol. The van der Waals surface area contributed by atoms with E-state index in [0.717, 1.165) is 16.6 Å². The molecule has 1 heterocycles.